The van der Waals surface area contributed by atoms with Crippen molar-refractivity contribution in [2.24, 2.45) is 0 Å². The van der Waals surface area contributed by atoms with E-state index in [4.69, 9.17) is 14.3 Å². The number of ether oxygens (including phenoxy) is 1. The van der Waals surface area contributed by atoms with E-state index >= 15 is 0 Å². The fourth-order valence-corrected chi connectivity index (χ4v) is 2.28. The first kappa shape index (κ1) is 17.6. The van der Waals surface area contributed by atoms with Gasteiger partial charge < -0.3 is 19.6 Å². The van der Waals surface area contributed by atoms with Gasteiger partial charge in [0.15, 0.2) is 0 Å². The van der Waals surface area contributed by atoms with E-state index in [2.05, 4.69) is 5.32 Å². The Kier molecular flexibility index (Phi) is 5.63. The Morgan fingerprint density at radius 1 is 1.29 bits per heavy atom. The molecule has 0 saturated carbocycles. The fourth-order valence-electron chi connectivity index (χ4n) is 2.28. The van der Waals surface area contributed by atoms with Crippen LogP contribution in [0.15, 0.2) is 34.7 Å². The minimum absolute atomic E-state index is 0.0229. The summed E-state index contributed by atoms with van der Waals surface area (Å²) in [6.45, 7) is 5.57. The molecule has 2 aromatic rings. The molecule has 0 aliphatic heterocycles. The number of rotatable bonds is 7. The van der Waals surface area contributed by atoms with Gasteiger partial charge in [0.1, 0.15) is 22.8 Å². The Balaban J connectivity index is 1.97. The summed E-state index contributed by atoms with van der Waals surface area (Å²) in [6, 6.07) is 8.81. The molecule has 0 aliphatic carbocycles. The summed E-state index contributed by atoms with van der Waals surface area (Å²) in [7, 11) is 0. The van der Waals surface area contributed by atoms with Crippen LogP contribution in [0.5, 0.6) is 5.75 Å². The SMILES string of the molecule is Cc1oc(CNC(=O)Cc2ccccc2OC(C)C)cc1C(=O)O. The summed E-state index contributed by atoms with van der Waals surface area (Å²) < 4.78 is 11.0. The van der Waals surface area contributed by atoms with Crippen LogP contribution in [0.2, 0.25) is 0 Å². The Morgan fingerprint density at radius 2 is 2.00 bits per heavy atom. The van der Waals surface area contributed by atoms with Gasteiger partial charge in [0, 0.05) is 5.56 Å². The van der Waals surface area contributed by atoms with E-state index in [-0.39, 0.29) is 30.5 Å². The number of carboxylic acids is 1. The number of hydrogen-bond donors (Lipinski definition) is 2. The standard InChI is InChI=1S/C18H21NO5/c1-11(2)23-16-7-5-4-6-13(16)8-17(20)19-10-14-9-15(18(21)22)12(3)24-14/h4-7,9,11H,8,10H2,1-3H3,(H,19,20)(H,21,22). The first-order valence-corrected chi connectivity index (χ1v) is 7.70. The molecule has 0 radical (unpaired) electrons. The summed E-state index contributed by atoms with van der Waals surface area (Å²) in [5.74, 6) is 0.173. The van der Waals surface area contributed by atoms with Gasteiger partial charge in [0.2, 0.25) is 5.91 Å². The van der Waals surface area contributed by atoms with E-state index in [0.717, 1.165) is 5.56 Å². The number of aromatic carboxylic acids is 1. The molecular weight excluding hydrogens is 310 g/mol. The van der Waals surface area contributed by atoms with Crippen LogP contribution in [-0.2, 0) is 17.8 Å². The molecule has 128 valence electrons. The highest BCUT2D eigenvalue weighted by atomic mass is 16.5. The van der Waals surface area contributed by atoms with E-state index in [1.54, 1.807) is 6.92 Å². The minimum Gasteiger partial charge on any atom is -0.491 e. The third kappa shape index (κ3) is 4.62. The van der Waals surface area contributed by atoms with E-state index in [0.29, 0.717) is 17.3 Å². The maximum atomic E-state index is 12.1. The zero-order valence-electron chi connectivity index (χ0n) is 14.0. The number of aryl methyl sites for hydroxylation is 1. The molecule has 2 N–H and O–H groups in total. The summed E-state index contributed by atoms with van der Waals surface area (Å²) in [5.41, 5.74) is 0.903. The predicted molar refractivity (Wildman–Crippen MR) is 88.2 cm³/mol. The lowest BCUT2D eigenvalue weighted by molar-refractivity contribution is -0.120. The third-order valence-electron chi connectivity index (χ3n) is 3.35. The second kappa shape index (κ2) is 7.68. The zero-order chi connectivity index (χ0) is 17.7. The van der Waals surface area contributed by atoms with Gasteiger partial charge in [-0.2, -0.15) is 0 Å². The van der Waals surface area contributed by atoms with Crippen LogP contribution in [-0.4, -0.2) is 23.1 Å². The average Bonchev–Trinajstić information content (AvgIpc) is 2.88. The Hall–Kier alpha value is -2.76. The first-order valence-electron chi connectivity index (χ1n) is 7.70. The van der Waals surface area contributed by atoms with E-state index in [1.165, 1.54) is 6.07 Å². The molecule has 1 aromatic carbocycles. The van der Waals surface area contributed by atoms with Crippen LogP contribution in [0.3, 0.4) is 0 Å². The lowest BCUT2D eigenvalue weighted by Crippen LogP contribution is -2.24. The Labute approximate surface area is 140 Å². The van der Waals surface area contributed by atoms with Crippen molar-refractivity contribution in [1.29, 1.82) is 0 Å². The normalized spacial score (nSPS) is 10.7. The molecule has 1 aromatic heterocycles. The summed E-state index contributed by atoms with van der Waals surface area (Å²) in [5, 5.41) is 11.7. The van der Waals surface area contributed by atoms with Crippen LogP contribution in [0.1, 0.15) is 41.3 Å². The molecule has 0 fully saturated rings. The van der Waals surface area contributed by atoms with Crippen molar-refractivity contribution in [3.05, 3.63) is 53.0 Å². The van der Waals surface area contributed by atoms with Gasteiger partial charge in [-0.15, -0.1) is 0 Å². The van der Waals surface area contributed by atoms with Crippen LogP contribution in [0.4, 0.5) is 0 Å². The molecule has 6 nitrogen and oxygen atoms in total. The van der Waals surface area contributed by atoms with Gasteiger partial charge in [-0.05, 0) is 32.9 Å². The Morgan fingerprint density at radius 3 is 2.62 bits per heavy atom. The molecule has 24 heavy (non-hydrogen) atoms. The van der Waals surface area contributed by atoms with Crippen molar-refractivity contribution in [3.63, 3.8) is 0 Å². The number of carboxylic acid groups (broad SMARTS) is 1. The molecule has 0 bridgehead atoms. The van der Waals surface area contributed by atoms with Crippen molar-refractivity contribution in [3.8, 4) is 5.75 Å². The first-order chi connectivity index (χ1) is 11.4. The van der Waals surface area contributed by atoms with E-state index < -0.39 is 5.97 Å². The monoisotopic (exact) mass is 331 g/mol. The molecule has 0 aliphatic rings. The number of carbonyl (C=O) groups excluding carboxylic acids is 1. The van der Waals surface area contributed by atoms with Crippen LogP contribution in [0, 0.1) is 6.92 Å². The summed E-state index contributed by atoms with van der Waals surface area (Å²) in [4.78, 5) is 23.1. The second-order valence-electron chi connectivity index (χ2n) is 5.72. The number of hydrogen-bond acceptors (Lipinski definition) is 4. The number of para-hydroxylation sites is 1. The van der Waals surface area contributed by atoms with Gasteiger partial charge >= 0.3 is 5.97 Å². The van der Waals surface area contributed by atoms with E-state index in [9.17, 15) is 9.59 Å². The van der Waals surface area contributed by atoms with Crippen molar-refractivity contribution >= 4 is 11.9 Å². The highest BCUT2D eigenvalue weighted by Crippen LogP contribution is 2.20. The van der Waals surface area contributed by atoms with Crippen LogP contribution < -0.4 is 10.1 Å². The number of carbonyl (C=O) groups is 2. The van der Waals surface area contributed by atoms with Gasteiger partial charge in [0.25, 0.3) is 0 Å². The van der Waals surface area contributed by atoms with Gasteiger partial charge in [-0.1, -0.05) is 18.2 Å². The highest BCUT2D eigenvalue weighted by Gasteiger charge is 2.15. The maximum Gasteiger partial charge on any atom is 0.339 e. The van der Waals surface area contributed by atoms with Crippen molar-refractivity contribution in [1.82, 2.24) is 5.32 Å². The minimum atomic E-state index is -1.05. The lowest BCUT2D eigenvalue weighted by atomic mass is 10.1. The van der Waals surface area contributed by atoms with Crippen molar-refractivity contribution < 1.29 is 23.8 Å². The molecular formula is C18H21NO5. The topological polar surface area (TPSA) is 88.8 Å². The molecule has 1 amide bonds. The molecule has 6 heteroatoms. The highest BCUT2D eigenvalue weighted by molar-refractivity contribution is 5.88. The number of benzene rings is 1. The molecule has 0 spiro atoms. The lowest BCUT2D eigenvalue weighted by Gasteiger charge is -2.14. The van der Waals surface area contributed by atoms with Crippen molar-refractivity contribution in [2.45, 2.75) is 39.8 Å². The molecule has 0 atom stereocenters. The smallest absolute Gasteiger partial charge is 0.339 e. The third-order valence-corrected chi connectivity index (χ3v) is 3.35. The average molecular weight is 331 g/mol. The van der Waals surface area contributed by atoms with Gasteiger partial charge in [-0.3, -0.25) is 4.79 Å². The van der Waals surface area contributed by atoms with Gasteiger partial charge in [-0.25, -0.2) is 4.79 Å². The van der Waals surface area contributed by atoms with Crippen LogP contribution in [0.25, 0.3) is 0 Å². The van der Waals surface area contributed by atoms with Crippen molar-refractivity contribution in [2.75, 3.05) is 0 Å². The number of amides is 1. The number of furan rings is 1. The second-order valence-corrected chi connectivity index (χ2v) is 5.72. The Bertz CT molecular complexity index is 733. The zero-order valence-corrected chi connectivity index (χ0v) is 14.0. The van der Waals surface area contributed by atoms with Crippen LogP contribution >= 0.6 is 0 Å². The summed E-state index contributed by atoms with van der Waals surface area (Å²) >= 11 is 0. The largest absolute Gasteiger partial charge is 0.491 e. The number of nitrogens with one attached hydrogen (secondary N) is 1. The summed E-state index contributed by atoms with van der Waals surface area (Å²) in [6.07, 6.45) is 0.198. The predicted octanol–water partition coefficient (Wildman–Crippen LogP) is 2.93. The molecule has 2 rings (SSSR count). The maximum absolute atomic E-state index is 12.1. The van der Waals surface area contributed by atoms with Gasteiger partial charge in [0.05, 0.1) is 19.1 Å². The molecule has 0 unspecified atom stereocenters. The quantitative estimate of drug-likeness (QED) is 0.814. The van der Waals surface area contributed by atoms with E-state index in [1.807, 2.05) is 38.1 Å². The molecule has 0 saturated heterocycles. The fraction of sp³-hybridized carbons (Fsp3) is 0.333. The molecule has 1 heterocycles.